The zero-order valence-corrected chi connectivity index (χ0v) is 11.0. The fourth-order valence-corrected chi connectivity index (χ4v) is 2.55. The van der Waals surface area contributed by atoms with Gasteiger partial charge in [0.2, 0.25) is 0 Å². The molecule has 0 aromatic carbocycles. The maximum absolute atomic E-state index is 11.7. The number of hydrogen-bond acceptors (Lipinski definition) is 3. The zero-order chi connectivity index (χ0) is 11.5. The smallest absolute Gasteiger partial charge is 0.269 e. The van der Waals surface area contributed by atoms with Gasteiger partial charge >= 0.3 is 0 Å². The van der Waals surface area contributed by atoms with E-state index in [9.17, 15) is 4.79 Å². The van der Waals surface area contributed by atoms with Crippen molar-refractivity contribution in [1.82, 2.24) is 15.1 Å². The highest BCUT2D eigenvalue weighted by atomic mass is 79.9. The Kier molecular flexibility index (Phi) is 3.40. The lowest BCUT2D eigenvalue weighted by molar-refractivity contribution is 0.0941. The highest BCUT2D eigenvalue weighted by molar-refractivity contribution is 9.11. The Morgan fingerprint density at radius 2 is 2.44 bits per heavy atom. The van der Waals surface area contributed by atoms with Gasteiger partial charge < -0.3 is 5.32 Å². The van der Waals surface area contributed by atoms with Gasteiger partial charge in [0.1, 0.15) is 5.69 Å². The van der Waals surface area contributed by atoms with E-state index in [1.807, 2.05) is 11.4 Å². The number of hydrogen-bond donors (Lipinski definition) is 1. The van der Waals surface area contributed by atoms with Crippen molar-refractivity contribution in [2.45, 2.75) is 6.54 Å². The molecule has 0 spiro atoms. The number of thiophene rings is 1. The minimum Gasteiger partial charge on any atom is -0.347 e. The fourth-order valence-electron chi connectivity index (χ4n) is 1.31. The van der Waals surface area contributed by atoms with E-state index in [2.05, 4.69) is 26.3 Å². The molecule has 84 valence electrons. The molecule has 0 bridgehead atoms. The molecule has 0 aliphatic heterocycles. The molecule has 2 aromatic rings. The first-order chi connectivity index (χ1) is 7.68. The Balaban J connectivity index is 1.99. The summed E-state index contributed by atoms with van der Waals surface area (Å²) in [7, 11) is 1.75. The number of aromatic nitrogens is 2. The van der Waals surface area contributed by atoms with Crippen LogP contribution in [0.1, 0.15) is 16.1 Å². The van der Waals surface area contributed by atoms with E-state index < -0.39 is 0 Å². The average molecular weight is 300 g/mol. The molecule has 2 rings (SSSR count). The van der Waals surface area contributed by atoms with Gasteiger partial charge in [-0.15, -0.1) is 11.3 Å². The lowest BCUT2D eigenvalue weighted by Gasteiger charge is -2.04. The SMILES string of the molecule is Cn1nccc1C(=O)NCc1ccsc1Br. The van der Waals surface area contributed by atoms with Crippen LogP contribution >= 0.6 is 27.3 Å². The van der Waals surface area contributed by atoms with Gasteiger partial charge in [0.05, 0.1) is 3.79 Å². The number of amides is 1. The number of nitrogens with one attached hydrogen (secondary N) is 1. The van der Waals surface area contributed by atoms with Gasteiger partial charge in [-0.25, -0.2) is 0 Å². The first kappa shape index (κ1) is 11.3. The number of carbonyl (C=O) groups excluding carboxylic acids is 1. The maximum Gasteiger partial charge on any atom is 0.269 e. The van der Waals surface area contributed by atoms with Crippen LogP contribution in [-0.2, 0) is 13.6 Å². The lowest BCUT2D eigenvalue weighted by Crippen LogP contribution is -2.25. The predicted molar refractivity (Wildman–Crippen MR) is 66.4 cm³/mol. The number of nitrogens with zero attached hydrogens (tertiary/aromatic N) is 2. The molecule has 0 aliphatic carbocycles. The summed E-state index contributed by atoms with van der Waals surface area (Å²) in [6, 6.07) is 3.68. The Morgan fingerprint density at radius 1 is 1.62 bits per heavy atom. The van der Waals surface area contributed by atoms with Crippen molar-refractivity contribution >= 4 is 33.2 Å². The standard InChI is InChI=1S/C10H10BrN3OS/c1-14-8(2-4-13-14)10(15)12-6-7-3-5-16-9(7)11/h2-5H,6H2,1H3,(H,12,15). The highest BCUT2D eigenvalue weighted by Crippen LogP contribution is 2.23. The van der Waals surface area contributed by atoms with Crippen molar-refractivity contribution in [2.24, 2.45) is 7.05 Å². The second kappa shape index (κ2) is 4.80. The summed E-state index contributed by atoms with van der Waals surface area (Å²) in [5.74, 6) is -0.113. The molecule has 6 heteroatoms. The zero-order valence-electron chi connectivity index (χ0n) is 8.61. The van der Waals surface area contributed by atoms with Crippen LogP contribution in [0.25, 0.3) is 0 Å². The molecule has 1 N–H and O–H groups in total. The summed E-state index contributed by atoms with van der Waals surface area (Å²) < 4.78 is 2.61. The van der Waals surface area contributed by atoms with Gasteiger partial charge in [-0.05, 0) is 39.0 Å². The van der Waals surface area contributed by atoms with Crippen LogP contribution in [-0.4, -0.2) is 15.7 Å². The van der Waals surface area contributed by atoms with Crippen molar-refractivity contribution in [3.63, 3.8) is 0 Å². The van der Waals surface area contributed by atoms with Gasteiger partial charge in [0, 0.05) is 19.8 Å². The van der Waals surface area contributed by atoms with Crippen LogP contribution in [0.2, 0.25) is 0 Å². The van der Waals surface area contributed by atoms with Gasteiger partial charge in [0.25, 0.3) is 5.91 Å². The number of rotatable bonds is 3. The maximum atomic E-state index is 11.7. The average Bonchev–Trinajstić information content (AvgIpc) is 2.84. The first-order valence-electron chi connectivity index (χ1n) is 4.66. The molecule has 16 heavy (non-hydrogen) atoms. The first-order valence-corrected chi connectivity index (χ1v) is 6.34. The van der Waals surface area contributed by atoms with E-state index in [0.717, 1.165) is 9.35 Å². The van der Waals surface area contributed by atoms with E-state index in [1.54, 1.807) is 35.3 Å². The highest BCUT2D eigenvalue weighted by Gasteiger charge is 2.10. The third kappa shape index (κ3) is 2.33. The molecule has 2 aromatic heterocycles. The monoisotopic (exact) mass is 299 g/mol. The van der Waals surface area contributed by atoms with Crippen LogP contribution in [0.15, 0.2) is 27.5 Å². The lowest BCUT2D eigenvalue weighted by atomic mass is 10.3. The molecule has 0 aliphatic rings. The molecule has 0 fully saturated rings. The number of aryl methyl sites for hydroxylation is 1. The van der Waals surface area contributed by atoms with Gasteiger partial charge in [0.15, 0.2) is 0 Å². The quantitative estimate of drug-likeness (QED) is 0.944. The van der Waals surface area contributed by atoms with Gasteiger partial charge in [-0.2, -0.15) is 5.10 Å². The van der Waals surface area contributed by atoms with Crippen LogP contribution in [0.4, 0.5) is 0 Å². The van der Waals surface area contributed by atoms with Crippen LogP contribution < -0.4 is 5.32 Å². The largest absolute Gasteiger partial charge is 0.347 e. The van der Waals surface area contributed by atoms with E-state index in [0.29, 0.717) is 12.2 Å². The molecule has 0 saturated carbocycles. The van der Waals surface area contributed by atoms with Gasteiger partial charge in [-0.1, -0.05) is 0 Å². The van der Waals surface area contributed by atoms with Gasteiger partial charge in [-0.3, -0.25) is 9.48 Å². The summed E-state index contributed by atoms with van der Waals surface area (Å²) in [6.45, 7) is 0.522. The summed E-state index contributed by atoms with van der Waals surface area (Å²) in [5, 5.41) is 8.78. The summed E-state index contributed by atoms with van der Waals surface area (Å²) >= 11 is 5.03. The molecule has 1 amide bonds. The minimum atomic E-state index is -0.113. The fraction of sp³-hybridized carbons (Fsp3) is 0.200. The number of carbonyl (C=O) groups is 1. The molecule has 0 saturated heterocycles. The summed E-state index contributed by atoms with van der Waals surface area (Å²) in [5.41, 5.74) is 1.65. The van der Waals surface area contributed by atoms with E-state index in [1.165, 1.54) is 0 Å². The number of halogens is 1. The second-order valence-electron chi connectivity index (χ2n) is 3.24. The van der Waals surface area contributed by atoms with Crippen molar-refractivity contribution in [1.29, 1.82) is 0 Å². The molecule has 0 unspecified atom stereocenters. The van der Waals surface area contributed by atoms with E-state index in [-0.39, 0.29) is 5.91 Å². The van der Waals surface area contributed by atoms with Crippen LogP contribution in [0, 0.1) is 0 Å². The van der Waals surface area contributed by atoms with Crippen LogP contribution in [0.3, 0.4) is 0 Å². The molecule has 0 atom stereocenters. The van der Waals surface area contributed by atoms with E-state index >= 15 is 0 Å². The van der Waals surface area contributed by atoms with Crippen LogP contribution in [0.5, 0.6) is 0 Å². The molecular formula is C10H10BrN3OS. The predicted octanol–water partition coefficient (Wildman–Crippen LogP) is 2.17. The third-order valence-corrected chi connectivity index (χ3v) is 4.00. The molecule has 0 radical (unpaired) electrons. The van der Waals surface area contributed by atoms with Crippen molar-refractivity contribution in [2.75, 3.05) is 0 Å². The minimum absolute atomic E-state index is 0.113. The Bertz CT molecular complexity index is 506. The Labute approximate surface area is 105 Å². The van der Waals surface area contributed by atoms with Crippen molar-refractivity contribution in [3.05, 3.63) is 38.8 Å². The molecule has 2 heterocycles. The summed E-state index contributed by atoms with van der Waals surface area (Å²) in [6.07, 6.45) is 1.61. The Hall–Kier alpha value is -1.14. The normalized spacial score (nSPS) is 10.4. The van der Waals surface area contributed by atoms with E-state index in [4.69, 9.17) is 0 Å². The second-order valence-corrected chi connectivity index (χ2v) is 5.48. The Morgan fingerprint density at radius 3 is 3.00 bits per heavy atom. The molecule has 4 nitrogen and oxygen atoms in total. The third-order valence-electron chi connectivity index (χ3n) is 2.19. The topological polar surface area (TPSA) is 46.9 Å². The molecular weight excluding hydrogens is 290 g/mol. The van der Waals surface area contributed by atoms with Crippen molar-refractivity contribution in [3.8, 4) is 0 Å². The summed E-state index contributed by atoms with van der Waals surface area (Å²) in [4.78, 5) is 11.7. The van der Waals surface area contributed by atoms with Crippen molar-refractivity contribution < 1.29 is 4.79 Å².